The van der Waals surface area contributed by atoms with Crippen LogP contribution in [-0.4, -0.2) is 34.6 Å². The lowest BCUT2D eigenvalue weighted by Gasteiger charge is -2.34. The van der Waals surface area contributed by atoms with Gasteiger partial charge in [-0.15, -0.1) is 0 Å². The van der Waals surface area contributed by atoms with Gasteiger partial charge in [0, 0.05) is 19.2 Å². The molecule has 0 aliphatic heterocycles. The maximum absolute atomic E-state index is 10.7. The molecule has 104 valence electrons. The average Bonchev–Trinajstić information content (AvgIpc) is 2.26. The molecule has 1 aromatic carbocycles. The van der Waals surface area contributed by atoms with Crippen molar-refractivity contribution in [1.29, 1.82) is 0 Å². The first-order valence-electron chi connectivity index (χ1n) is 6.35. The molecule has 1 aromatic rings. The Morgan fingerprint density at radius 1 is 1.53 bits per heavy atom. The van der Waals surface area contributed by atoms with Gasteiger partial charge in [-0.3, -0.25) is 10.1 Å². The van der Waals surface area contributed by atoms with Crippen molar-refractivity contribution in [3.63, 3.8) is 0 Å². The van der Waals surface area contributed by atoms with Gasteiger partial charge < -0.3 is 15.7 Å². The van der Waals surface area contributed by atoms with E-state index in [1.54, 1.807) is 12.1 Å². The Hall–Kier alpha value is -1.66. The van der Waals surface area contributed by atoms with Crippen LogP contribution in [0.25, 0.3) is 0 Å². The molecule has 1 aliphatic carbocycles. The molecule has 6 nitrogen and oxygen atoms in total. The highest BCUT2D eigenvalue weighted by Crippen LogP contribution is 2.28. The Labute approximate surface area is 112 Å². The summed E-state index contributed by atoms with van der Waals surface area (Å²) in [5, 5.41) is 19.9. The van der Waals surface area contributed by atoms with E-state index in [1.807, 2.05) is 7.05 Å². The highest BCUT2D eigenvalue weighted by molar-refractivity contribution is 5.59. The molecule has 0 amide bonds. The number of anilines is 1. The largest absolute Gasteiger partial charge is 0.393 e. The van der Waals surface area contributed by atoms with Crippen molar-refractivity contribution < 1.29 is 10.0 Å². The number of nitrogen functional groups attached to an aromatic ring is 1. The fourth-order valence-electron chi connectivity index (χ4n) is 2.54. The van der Waals surface area contributed by atoms with E-state index in [0.29, 0.717) is 12.5 Å². The van der Waals surface area contributed by atoms with Crippen molar-refractivity contribution >= 4 is 11.4 Å². The number of nitrogens with two attached hydrogens (primary N) is 1. The lowest BCUT2D eigenvalue weighted by atomic mass is 9.82. The van der Waals surface area contributed by atoms with Crippen molar-refractivity contribution in [2.75, 3.05) is 19.3 Å². The second-order valence-electron chi connectivity index (χ2n) is 5.34. The van der Waals surface area contributed by atoms with E-state index < -0.39 is 4.92 Å². The number of nitro groups is 1. The van der Waals surface area contributed by atoms with Crippen molar-refractivity contribution in [1.82, 2.24) is 4.90 Å². The molecule has 0 spiro atoms. The summed E-state index contributed by atoms with van der Waals surface area (Å²) >= 11 is 0. The first-order valence-corrected chi connectivity index (χ1v) is 6.35. The zero-order chi connectivity index (χ0) is 14.0. The third-order valence-corrected chi connectivity index (χ3v) is 3.52. The second-order valence-corrected chi connectivity index (χ2v) is 5.34. The third kappa shape index (κ3) is 3.42. The normalized spacial score (nSPS) is 22.3. The molecular weight excluding hydrogens is 246 g/mol. The average molecular weight is 265 g/mol. The van der Waals surface area contributed by atoms with Crippen molar-refractivity contribution in [2.24, 2.45) is 5.92 Å². The van der Waals surface area contributed by atoms with Gasteiger partial charge >= 0.3 is 0 Å². The van der Waals surface area contributed by atoms with Crippen molar-refractivity contribution in [3.05, 3.63) is 33.9 Å². The number of benzene rings is 1. The molecule has 0 radical (unpaired) electrons. The summed E-state index contributed by atoms with van der Waals surface area (Å²) in [5.74, 6) is 0.551. The summed E-state index contributed by atoms with van der Waals surface area (Å²) < 4.78 is 0. The molecule has 0 atom stereocenters. The summed E-state index contributed by atoms with van der Waals surface area (Å²) in [6.45, 7) is 1.63. The van der Waals surface area contributed by atoms with E-state index >= 15 is 0 Å². The van der Waals surface area contributed by atoms with Gasteiger partial charge in [-0.05, 0) is 37.4 Å². The van der Waals surface area contributed by atoms with Crippen LogP contribution in [-0.2, 0) is 6.54 Å². The first kappa shape index (κ1) is 13.8. The molecule has 19 heavy (non-hydrogen) atoms. The van der Waals surface area contributed by atoms with Gasteiger partial charge in [0.25, 0.3) is 5.69 Å². The van der Waals surface area contributed by atoms with Crippen LogP contribution in [0.4, 0.5) is 11.4 Å². The number of nitro benzene ring substituents is 1. The molecule has 0 saturated heterocycles. The van der Waals surface area contributed by atoms with E-state index in [-0.39, 0.29) is 17.5 Å². The lowest BCUT2D eigenvalue weighted by Crippen LogP contribution is -2.36. The van der Waals surface area contributed by atoms with E-state index in [9.17, 15) is 15.2 Å². The summed E-state index contributed by atoms with van der Waals surface area (Å²) in [6, 6.07) is 4.84. The van der Waals surface area contributed by atoms with Crippen LogP contribution >= 0.6 is 0 Å². The monoisotopic (exact) mass is 265 g/mol. The summed E-state index contributed by atoms with van der Waals surface area (Å²) in [7, 11) is 2.00. The van der Waals surface area contributed by atoms with Gasteiger partial charge in [0.1, 0.15) is 5.69 Å². The maximum Gasteiger partial charge on any atom is 0.292 e. The molecule has 0 bridgehead atoms. The number of nitrogens with zero attached hydrogens (tertiary/aromatic N) is 2. The first-order chi connectivity index (χ1) is 8.95. The molecule has 0 heterocycles. The lowest BCUT2D eigenvalue weighted by molar-refractivity contribution is -0.383. The standard InChI is InChI=1S/C13H19N3O3/c1-15(8-10-4-11(17)5-10)7-9-2-3-13(16(18)19)12(14)6-9/h2-3,6,10-11,17H,4-5,7-8,14H2,1H3. The van der Waals surface area contributed by atoms with Crippen molar-refractivity contribution in [3.8, 4) is 0 Å². The minimum absolute atomic E-state index is 0.0477. The summed E-state index contributed by atoms with van der Waals surface area (Å²) in [4.78, 5) is 12.3. The zero-order valence-corrected chi connectivity index (χ0v) is 11.0. The Balaban J connectivity index is 1.91. The quantitative estimate of drug-likeness (QED) is 0.476. The number of hydrogen-bond donors (Lipinski definition) is 2. The number of aliphatic hydroxyl groups excluding tert-OH is 1. The SMILES string of the molecule is CN(Cc1ccc([N+](=O)[O-])c(N)c1)CC1CC(O)C1. The molecule has 0 unspecified atom stereocenters. The Morgan fingerprint density at radius 2 is 2.21 bits per heavy atom. The van der Waals surface area contributed by atoms with Crippen LogP contribution in [0.2, 0.25) is 0 Å². The molecule has 1 aliphatic rings. The highest BCUT2D eigenvalue weighted by atomic mass is 16.6. The third-order valence-electron chi connectivity index (χ3n) is 3.52. The van der Waals surface area contributed by atoms with Gasteiger partial charge in [-0.1, -0.05) is 6.07 Å². The zero-order valence-electron chi connectivity index (χ0n) is 11.0. The van der Waals surface area contributed by atoms with Gasteiger partial charge in [0.05, 0.1) is 11.0 Å². The van der Waals surface area contributed by atoms with Gasteiger partial charge in [-0.2, -0.15) is 0 Å². The fraction of sp³-hybridized carbons (Fsp3) is 0.538. The Kier molecular flexibility index (Phi) is 4.01. The van der Waals surface area contributed by atoms with Crippen LogP contribution in [0.1, 0.15) is 18.4 Å². The Morgan fingerprint density at radius 3 is 2.74 bits per heavy atom. The number of hydrogen-bond acceptors (Lipinski definition) is 5. The minimum Gasteiger partial charge on any atom is -0.393 e. The highest BCUT2D eigenvalue weighted by Gasteiger charge is 2.27. The van der Waals surface area contributed by atoms with E-state index in [4.69, 9.17) is 5.73 Å². The molecule has 3 N–H and O–H groups in total. The summed E-state index contributed by atoms with van der Waals surface area (Å²) in [6.07, 6.45) is 1.60. The van der Waals surface area contributed by atoms with E-state index in [0.717, 1.165) is 24.9 Å². The van der Waals surface area contributed by atoms with Gasteiger partial charge in [0.2, 0.25) is 0 Å². The Bertz CT molecular complexity index is 472. The van der Waals surface area contributed by atoms with E-state index in [2.05, 4.69) is 4.90 Å². The van der Waals surface area contributed by atoms with Crippen LogP contribution < -0.4 is 5.73 Å². The minimum atomic E-state index is -0.474. The second kappa shape index (κ2) is 5.54. The van der Waals surface area contributed by atoms with Gasteiger partial charge in [-0.25, -0.2) is 0 Å². The molecular formula is C13H19N3O3. The van der Waals surface area contributed by atoms with Crippen molar-refractivity contribution in [2.45, 2.75) is 25.5 Å². The van der Waals surface area contributed by atoms with Crippen LogP contribution in [0.15, 0.2) is 18.2 Å². The van der Waals surface area contributed by atoms with Gasteiger partial charge in [0.15, 0.2) is 0 Å². The van der Waals surface area contributed by atoms with Crippen LogP contribution in [0.5, 0.6) is 0 Å². The smallest absolute Gasteiger partial charge is 0.292 e. The predicted octanol–water partition coefficient (Wildman–Crippen LogP) is 1.38. The molecule has 1 saturated carbocycles. The number of aliphatic hydroxyl groups is 1. The number of rotatable bonds is 5. The topological polar surface area (TPSA) is 92.6 Å². The van der Waals surface area contributed by atoms with Crippen LogP contribution in [0.3, 0.4) is 0 Å². The van der Waals surface area contributed by atoms with Crippen LogP contribution in [0, 0.1) is 16.0 Å². The summed E-state index contributed by atoms with van der Waals surface area (Å²) in [5.41, 5.74) is 6.78. The van der Waals surface area contributed by atoms with E-state index in [1.165, 1.54) is 6.07 Å². The maximum atomic E-state index is 10.7. The molecule has 6 heteroatoms. The molecule has 2 rings (SSSR count). The molecule has 0 aromatic heterocycles. The fourth-order valence-corrected chi connectivity index (χ4v) is 2.54. The molecule has 1 fully saturated rings. The predicted molar refractivity (Wildman–Crippen MR) is 72.6 cm³/mol.